The predicted molar refractivity (Wildman–Crippen MR) is 80.9 cm³/mol. The molecule has 1 amide bonds. The van der Waals surface area contributed by atoms with Crippen molar-refractivity contribution in [3.8, 4) is 17.9 Å². The van der Waals surface area contributed by atoms with Gasteiger partial charge in [0.1, 0.15) is 17.3 Å². The van der Waals surface area contributed by atoms with Gasteiger partial charge in [0.2, 0.25) is 5.88 Å². The van der Waals surface area contributed by atoms with Crippen LogP contribution in [0.25, 0.3) is 5.95 Å². The molecule has 0 bridgehead atoms. The first-order chi connectivity index (χ1) is 11.7. The zero-order valence-corrected chi connectivity index (χ0v) is 12.3. The van der Waals surface area contributed by atoms with Gasteiger partial charge in [0, 0.05) is 31.3 Å². The van der Waals surface area contributed by atoms with Crippen molar-refractivity contribution < 1.29 is 9.90 Å². The van der Waals surface area contributed by atoms with Crippen molar-refractivity contribution in [1.82, 2.24) is 30.0 Å². The first kappa shape index (κ1) is 15.1. The zero-order chi connectivity index (χ0) is 16.9. The monoisotopic (exact) mass is 321 g/mol. The number of aromatic hydroxyl groups is 1. The summed E-state index contributed by atoms with van der Waals surface area (Å²) in [5.74, 6) is -0.805. The maximum absolute atomic E-state index is 12.1. The summed E-state index contributed by atoms with van der Waals surface area (Å²) in [6.07, 6.45) is 5.89. The smallest absolute Gasteiger partial charge is 0.258 e. The lowest BCUT2D eigenvalue weighted by Crippen LogP contribution is -2.23. The van der Waals surface area contributed by atoms with Crippen molar-refractivity contribution >= 4 is 5.91 Å². The Morgan fingerprint density at radius 3 is 2.83 bits per heavy atom. The molecule has 0 aliphatic heterocycles. The van der Waals surface area contributed by atoms with Crippen molar-refractivity contribution in [2.24, 2.45) is 0 Å². The number of hydrogen-bond donors (Lipinski definition) is 2. The largest absolute Gasteiger partial charge is 0.493 e. The summed E-state index contributed by atoms with van der Waals surface area (Å²) in [4.78, 5) is 23.9. The molecule has 0 atom stereocenters. The Morgan fingerprint density at radius 1 is 1.33 bits per heavy atom. The van der Waals surface area contributed by atoms with Crippen molar-refractivity contribution in [2.45, 2.75) is 6.54 Å². The van der Waals surface area contributed by atoms with Gasteiger partial charge in [-0.1, -0.05) is 6.07 Å². The van der Waals surface area contributed by atoms with Gasteiger partial charge in [0.05, 0.1) is 0 Å². The van der Waals surface area contributed by atoms with E-state index in [1.165, 1.54) is 17.1 Å². The number of rotatable bonds is 4. The van der Waals surface area contributed by atoms with Crippen LogP contribution < -0.4 is 5.32 Å². The fraction of sp³-hybridized carbons (Fsp3) is 0.0667. The minimum atomic E-state index is -0.524. The summed E-state index contributed by atoms with van der Waals surface area (Å²) in [6.45, 7) is 0.192. The van der Waals surface area contributed by atoms with Gasteiger partial charge in [-0.2, -0.15) is 15.3 Å². The number of aromatic nitrogens is 5. The second-order valence-electron chi connectivity index (χ2n) is 4.70. The van der Waals surface area contributed by atoms with Crippen LogP contribution in [-0.2, 0) is 6.54 Å². The van der Waals surface area contributed by atoms with E-state index in [1.807, 2.05) is 6.07 Å². The molecule has 3 aromatic heterocycles. The number of carbonyl (C=O) groups excluding carboxylic acids is 1. The highest BCUT2D eigenvalue weighted by molar-refractivity contribution is 5.95. The summed E-state index contributed by atoms with van der Waals surface area (Å²) in [5, 5.41) is 25.2. The third-order valence-electron chi connectivity index (χ3n) is 3.10. The summed E-state index contributed by atoms with van der Waals surface area (Å²) in [5.41, 5.74) is 0.966. The van der Waals surface area contributed by atoms with Gasteiger partial charge < -0.3 is 10.4 Å². The van der Waals surface area contributed by atoms with Crippen LogP contribution in [0.3, 0.4) is 0 Å². The summed E-state index contributed by atoms with van der Waals surface area (Å²) < 4.78 is 1.36. The van der Waals surface area contributed by atoms with Gasteiger partial charge in [-0.05, 0) is 17.7 Å². The molecule has 0 spiro atoms. The maximum atomic E-state index is 12.1. The molecule has 0 unspecified atom stereocenters. The third kappa shape index (κ3) is 3.17. The third-order valence-corrected chi connectivity index (χ3v) is 3.10. The molecule has 3 aromatic rings. The Balaban J connectivity index is 1.69. The Morgan fingerprint density at radius 2 is 2.21 bits per heavy atom. The molecule has 118 valence electrons. The van der Waals surface area contributed by atoms with Gasteiger partial charge in [0.15, 0.2) is 0 Å². The predicted octanol–water partition coefficient (Wildman–Crippen LogP) is 0.565. The molecule has 0 saturated carbocycles. The van der Waals surface area contributed by atoms with Gasteiger partial charge in [-0.3, -0.25) is 4.79 Å². The van der Waals surface area contributed by atoms with E-state index < -0.39 is 11.8 Å². The summed E-state index contributed by atoms with van der Waals surface area (Å²) >= 11 is 0. The molecule has 24 heavy (non-hydrogen) atoms. The maximum Gasteiger partial charge on any atom is 0.258 e. The minimum absolute atomic E-state index is 0.0486. The average Bonchev–Trinajstić information content (AvgIpc) is 3.14. The van der Waals surface area contributed by atoms with E-state index in [9.17, 15) is 9.90 Å². The molecule has 0 aliphatic rings. The fourth-order valence-corrected chi connectivity index (χ4v) is 1.89. The number of nitrogens with one attached hydrogen (secondary N) is 1. The van der Waals surface area contributed by atoms with Gasteiger partial charge in [-0.25, -0.2) is 14.6 Å². The number of pyridine rings is 1. The second-order valence-corrected chi connectivity index (χ2v) is 4.70. The summed E-state index contributed by atoms with van der Waals surface area (Å²) in [7, 11) is 0. The lowest BCUT2D eigenvalue weighted by Gasteiger charge is -2.07. The van der Waals surface area contributed by atoms with Crippen LogP contribution in [0.2, 0.25) is 0 Å². The molecule has 0 fully saturated rings. The summed E-state index contributed by atoms with van der Waals surface area (Å²) in [6, 6.07) is 6.84. The minimum Gasteiger partial charge on any atom is -0.493 e. The zero-order valence-electron chi connectivity index (χ0n) is 12.3. The standard InChI is InChI=1S/C15H11N7O2/c16-6-11-3-2-10(7-17-11)8-18-13(23)12-9-19-15(21-14(12)24)22-5-1-4-20-22/h1-5,7,9H,8H2,(H,18,23)(H,19,21,24). The van der Waals surface area contributed by atoms with Crippen molar-refractivity contribution in [3.63, 3.8) is 0 Å². The Kier molecular flexibility index (Phi) is 4.11. The lowest BCUT2D eigenvalue weighted by molar-refractivity contribution is 0.0947. The van der Waals surface area contributed by atoms with Crippen molar-refractivity contribution in [2.75, 3.05) is 0 Å². The Labute approximate surface area is 136 Å². The molecule has 0 aliphatic carbocycles. The number of hydrogen-bond acceptors (Lipinski definition) is 7. The van der Waals surface area contributed by atoms with E-state index in [0.717, 1.165) is 5.56 Å². The quantitative estimate of drug-likeness (QED) is 0.718. The molecule has 3 rings (SSSR count). The Hall–Kier alpha value is -3.80. The lowest BCUT2D eigenvalue weighted by atomic mass is 10.2. The highest BCUT2D eigenvalue weighted by Crippen LogP contribution is 2.14. The number of nitrogens with zero attached hydrogens (tertiary/aromatic N) is 6. The fourth-order valence-electron chi connectivity index (χ4n) is 1.89. The molecule has 3 heterocycles. The van der Waals surface area contributed by atoms with Crippen molar-refractivity contribution in [1.29, 1.82) is 5.26 Å². The second kappa shape index (κ2) is 6.53. The van der Waals surface area contributed by atoms with Crippen LogP contribution in [0.15, 0.2) is 43.0 Å². The number of amides is 1. The molecule has 9 nitrogen and oxygen atoms in total. The van der Waals surface area contributed by atoms with Crippen LogP contribution in [0.5, 0.6) is 5.88 Å². The normalized spacial score (nSPS) is 10.1. The number of carbonyl (C=O) groups is 1. The highest BCUT2D eigenvalue weighted by Gasteiger charge is 2.14. The van der Waals surface area contributed by atoms with Gasteiger partial charge in [-0.15, -0.1) is 0 Å². The van der Waals surface area contributed by atoms with E-state index in [1.54, 1.807) is 30.6 Å². The molecule has 9 heteroatoms. The van der Waals surface area contributed by atoms with Gasteiger partial charge in [0.25, 0.3) is 11.9 Å². The topological polar surface area (TPSA) is 130 Å². The first-order valence-electron chi connectivity index (χ1n) is 6.86. The molecule has 0 radical (unpaired) electrons. The van der Waals surface area contributed by atoms with E-state index in [0.29, 0.717) is 5.69 Å². The highest BCUT2D eigenvalue weighted by atomic mass is 16.3. The molecule has 0 saturated heterocycles. The molecule has 2 N–H and O–H groups in total. The van der Waals surface area contributed by atoms with Gasteiger partial charge >= 0.3 is 0 Å². The molecule has 0 aromatic carbocycles. The van der Waals surface area contributed by atoms with Crippen LogP contribution in [-0.4, -0.2) is 35.7 Å². The van der Waals surface area contributed by atoms with E-state index in [-0.39, 0.29) is 18.1 Å². The average molecular weight is 321 g/mol. The van der Waals surface area contributed by atoms with E-state index in [2.05, 4.69) is 25.4 Å². The molecular formula is C15H11N7O2. The van der Waals surface area contributed by atoms with Crippen LogP contribution in [0.1, 0.15) is 21.6 Å². The van der Waals surface area contributed by atoms with Crippen molar-refractivity contribution in [3.05, 3.63) is 59.8 Å². The first-order valence-corrected chi connectivity index (χ1v) is 6.86. The number of nitriles is 1. The SMILES string of the molecule is N#Cc1ccc(CNC(=O)c2cnc(-n3cccn3)nc2O)cn1. The van der Waals surface area contributed by atoms with Crippen LogP contribution in [0, 0.1) is 11.3 Å². The molecular weight excluding hydrogens is 310 g/mol. The van der Waals surface area contributed by atoms with Crippen LogP contribution >= 0.6 is 0 Å². The van der Waals surface area contributed by atoms with E-state index in [4.69, 9.17) is 5.26 Å². The Bertz CT molecular complexity index is 899. The van der Waals surface area contributed by atoms with Crippen LogP contribution in [0.4, 0.5) is 0 Å². The van der Waals surface area contributed by atoms with E-state index >= 15 is 0 Å².